The molecule has 6 atom stereocenters. The van der Waals surface area contributed by atoms with Crippen molar-refractivity contribution in [1.29, 1.82) is 0 Å². The highest BCUT2D eigenvalue weighted by Crippen LogP contribution is 2.45. The van der Waals surface area contributed by atoms with Gasteiger partial charge >= 0.3 is 39.5 Å². The zero-order valence-electron chi connectivity index (χ0n) is 66.5. The van der Waals surface area contributed by atoms with Gasteiger partial charge in [-0.1, -0.05) is 370 Å². The monoisotopic (exact) mass is 1480 g/mol. The molecule has 0 aliphatic carbocycles. The smallest absolute Gasteiger partial charge is 0.462 e. The molecule has 0 rings (SSSR count). The van der Waals surface area contributed by atoms with E-state index in [0.29, 0.717) is 25.7 Å². The van der Waals surface area contributed by atoms with Gasteiger partial charge in [0.2, 0.25) is 0 Å². The summed E-state index contributed by atoms with van der Waals surface area (Å²) in [4.78, 5) is 73.1. The number of hydrogen-bond donors (Lipinski definition) is 3. The molecule has 3 N–H and O–H groups in total. The molecule has 0 saturated carbocycles. The van der Waals surface area contributed by atoms with Gasteiger partial charge in [-0.3, -0.25) is 37.3 Å². The van der Waals surface area contributed by atoms with Crippen molar-refractivity contribution in [2.75, 3.05) is 39.6 Å². The van der Waals surface area contributed by atoms with Gasteiger partial charge in [-0.15, -0.1) is 0 Å². The fourth-order valence-electron chi connectivity index (χ4n) is 12.6. The third kappa shape index (κ3) is 74.7. The molecule has 19 heteroatoms. The number of esters is 4. The Kier molecular flexibility index (Phi) is 69.6. The predicted octanol–water partition coefficient (Wildman–Crippen LogP) is 24.4. The van der Waals surface area contributed by atoms with E-state index in [9.17, 15) is 43.2 Å². The van der Waals surface area contributed by atoms with E-state index in [1.165, 1.54) is 225 Å². The first kappa shape index (κ1) is 99.1. The van der Waals surface area contributed by atoms with Crippen LogP contribution in [0.3, 0.4) is 0 Å². The van der Waals surface area contributed by atoms with Crippen LogP contribution in [-0.2, 0) is 65.4 Å². The van der Waals surface area contributed by atoms with Crippen molar-refractivity contribution in [3.63, 3.8) is 0 Å². The number of carbonyl (C=O) groups excluding carboxylic acids is 4. The molecule has 600 valence electrons. The maximum Gasteiger partial charge on any atom is 0.472 e. The van der Waals surface area contributed by atoms with Crippen molar-refractivity contribution in [1.82, 2.24) is 0 Å². The van der Waals surface area contributed by atoms with Gasteiger partial charge < -0.3 is 33.8 Å². The maximum absolute atomic E-state index is 13.1. The van der Waals surface area contributed by atoms with Gasteiger partial charge in [-0.05, 0) is 49.4 Å². The molecule has 0 aromatic heterocycles. The molecular weight excluding hydrogens is 1320 g/mol. The van der Waals surface area contributed by atoms with Crippen LogP contribution in [0.1, 0.15) is 421 Å². The summed E-state index contributed by atoms with van der Waals surface area (Å²) in [7, 11) is -9.92. The van der Waals surface area contributed by atoms with Gasteiger partial charge in [0.15, 0.2) is 12.2 Å². The van der Waals surface area contributed by atoms with Crippen molar-refractivity contribution >= 4 is 39.5 Å². The lowest BCUT2D eigenvalue weighted by atomic mass is 9.99. The van der Waals surface area contributed by atoms with Crippen LogP contribution in [-0.4, -0.2) is 96.7 Å². The molecule has 0 fully saturated rings. The van der Waals surface area contributed by atoms with Crippen molar-refractivity contribution in [3.8, 4) is 0 Å². The van der Waals surface area contributed by atoms with Crippen molar-refractivity contribution in [3.05, 3.63) is 0 Å². The molecule has 0 saturated heterocycles. The lowest BCUT2D eigenvalue weighted by molar-refractivity contribution is -0.161. The van der Waals surface area contributed by atoms with Crippen molar-refractivity contribution in [2.45, 2.75) is 440 Å². The first-order valence-corrected chi connectivity index (χ1v) is 45.2. The molecule has 0 radical (unpaired) electrons. The minimum Gasteiger partial charge on any atom is -0.462 e. The third-order valence-corrected chi connectivity index (χ3v) is 21.3. The molecule has 0 aliphatic heterocycles. The SMILES string of the molecule is CCC(C)CCCCCCCCCCCCCCCCC(=O)OC[C@H](COP(=O)(O)OCC(O)COP(=O)(O)OC[C@@H](COC(=O)CCCCCCCCCCC(C)C)OC(=O)CCCCCCCCCCCCC(C)C)OC(=O)CCCCCCCCCCCCCCCCCCC(C)C. The lowest BCUT2D eigenvalue weighted by Gasteiger charge is -2.21. The van der Waals surface area contributed by atoms with Crippen LogP contribution >= 0.6 is 15.6 Å². The second-order valence-corrected chi connectivity index (χ2v) is 34.1. The average molecular weight is 1480 g/mol. The van der Waals surface area contributed by atoms with E-state index in [0.717, 1.165) is 114 Å². The molecular formula is C82H160O17P2. The number of ether oxygens (including phenoxy) is 4. The van der Waals surface area contributed by atoms with E-state index in [2.05, 4.69) is 55.4 Å². The summed E-state index contributed by atoms with van der Waals surface area (Å²) in [5.41, 5.74) is 0. The number of aliphatic hydroxyl groups excluding tert-OH is 1. The summed E-state index contributed by atoms with van der Waals surface area (Å²) in [6, 6.07) is 0. The highest BCUT2D eigenvalue weighted by molar-refractivity contribution is 7.47. The van der Waals surface area contributed by atoms with Gasteiger partial charge in [0.1, 0.15) is 19.3 Å². The summed E-state index contributed by atoms with van der Waals surface area (Å²) in [5, 5.41) is 10.6. The minimum atomic E-state index is -4.96. The summed E-state index contributed by atoms with van der Waals surface area (Å²) in [6.07, 6.45) is 58.3. The van der Waals surface area contributed by atoms with Crippen LogP contribution in [0.4, 0.5) is 0 Å². The van der Waals surface area contributed by atoms with E-state index < -0.39 is 97.5 Å². The Hall–Kier alpha value is -1.94. The summed E-state index contributed by atoms with van der Waals surface area (Å²) in [5.74, 6) is 1.02. The number of phosphoric acid groups is 2. The highest BCUT2D eigenvalue weighted by atomic mass is 31.2. The Balaban J connectivity index is 5.25. The molecule has 0 spiro atoms. The molecule has 0 amide bonds. The number of rotatable bonds is 79. The number of phosphoric ester groups is 2. The Morgan fingerprint density at radius 2 is 0.475 bits per heavy atom. The van der Waals surface area contributed by atoms with Crippen molar-refractivity contribution in [2.24, 2.45) is 23.7 Å². The molecule has 101 heavy (non-hydrogen) atoms. The van der Waals surface area contributed by atoms with E-state index >= 15 is 0 Å². The number of aliphatic hydroxyl groups is 1. The van der Waals surface area contributed by atoms with E-state index in [4.69, 9.17) is 37.0 Å². The average Bonchev–Trinajstić information content (AvgIpc) is 1.05. The zero-order chi connectivity index (χ0) is 74.6. The van der Waals surface area contributed by atoms with Gasteiger partial charge in [0.05, 0.1) is 26.4 Å². The fourth-order valence-corrected chi connectivity index (χ4v) is 14.2. The quantitative estimate of drug-likeness (QED) is 0.0222. The van der Waals surface area contributed by atoms with Gasteiger partial charge in [0, 0.05) is 25.7 Å². The highest BCUT2D eigenvalue weighted by Gasteiger charge is 2.30. The first-order chi connectivity index (χ1) is 48.6. The largest absolute Gasteiger partial charge is 0.472 e. The molecule has 0 heterocycles. The van der Waals surface area contributed by atoms with Crippen LogP contribution in [0.2, 0.25) is 0 Å². The normalized spacial score (nSPS) is 14.3. The van der Waals surface area contributed by atoms with Crippen LogP contribution < -0.4 is 0 Å². The van der Waals surface area contributed by atoms with Gasteiger partial charge in [0.25, 0.3) is 0 Å². The third-order valence-electron chi connectivity index (χ3n) is 19.4. The Bertz CT molecular complexity index is 1970. The summed E-state index contributed by atoms with van der Waals surface area (Å²) >= 11 is 0. The molecule has 0 bridgehead atoms. The Labute approximate surface area is 619 Å². The van der Waals surface area contributed by atoms with E-state index in [1.54, 1.807) is 0 Å². The first-order valence-electron chi connectivity index (χ1n) is 42.2. The van der Waals surface area contributed by atoms with Crippen LogP contribution in [0.5, 0.6) is 0 Å². The Morgan fingerprint density at radius 1 is 0.277 bits per heavy atom. The van der Waals surface area contributed by atoms with Crippen LogP contribution in [0.15, 0.2) is 0 Å². The number of hydrogen-bond acceptors (Lipinski definition) is 15. The van der Waals surface area contributed by atoms with Crippen LogP contribution in [0, 0.1) is 23.7 Å². The zero-order valence-corrected chi connectivity index (χ0v) is 68.3. The minimum absolute atomic E-state index is 0.105. The molecule has 0 aromatic rings. The van der Waals surface area contributed by atoms with E-state index in [1.807, 2.05) is 0 Å². The Morgan fingerprint density at radius 3 is 0.703 bits per heavy atom. The molecule has 0 aromatic carbocycles. The second kappa shape index (κ2) is 71.0. The molecule has 4 unspecified atom stereocenters. The van der Waals surface area contributed by atoms with Crippen molar-refractivity contribution < 1.29 is 80.2 Å². The summed E-state index contributed by atoms with van der Waals surface area (Å²) < 4.78 is 68.8. The van der Waals surface area contributed by atoms with Crippen LogP contribution in [0.25, 0.3) is 0 Å². The van der Waals surface area contributed by atoms with E-state index in [-0.39, 0.29) is 25.7 Å². The molecule has 0 aliphatic rings. The lowest BCUT2D eigenvalue weighted by Crippen LogP contribution is -2.30. The second-order valence-electron chi connectivity index (χ2n) is 31.2. The fraction of sp³-hybridized carbons (Fsp3) is 0.951. The topological polar surface area (TPSA) is 237 Å². The van der Waals surface area contributed by atoms with Gasteiger partial charge in [-0.2, -0.15) is 0 Å². The molecule has 17 nitrogen and oxygen atoms in total. The predicted molar refractivity (Wildman–Crippen MR) is 414 cm³/mol. The van der Waals surface area contributed by atoms with Gasteiger partial charge in [-0.25, -0.2) is 9.13 Å². The maximum atomic E-state index is 13.1. The standard InChI is InChI=1S/C82H160O17P2/c1-9-75(8)61-53-45-37-28-21-17-14-15-18-22-29-38-46-54-62-79(84)92-68-77(98-81(86)64-56-48-40-30-23-19-13-11-10-12-16-20-26-34-42-50-58-72(2)3)70-96-100(88,89)94-66-76(83)67-95-101(90,91)97-71-78(69-93-80(85)63-55-47-39-33-32-36-44-52-60-74(6)7)99-82(87)65-57-49-41-31-25-24-27-35-43-51-59-73(4)5/h72-78,83H,9-71H2,1-8H3,(H,88,89)(H,90,91)/t75?,76?,77-,78-/m1/s1. The number of unbranched alkanes of at least 4 members (excludes halogenated alkanes) is 44. The summed E-state index contributed by atoms with van der Waals surface area (Å²) in [6.45, 7) is 14.3. The number of carbonyl (C=O) groups is 4.